The molecule has 0 unspecified atom stereocenters. The molecule has 0 aliphatic carbocycles. The molecule has 2 amide bonds. The van der Waals surface area contributed by atoms with Gasteiger partial charge in [-0.15, -0.1) is 0 Å². The van der Waals surface area contributed by atoms with Crippen LogP contribution in [-0.4, -0.2) is 78.1 Å². The summed E-state index contributed by atoms with van der Waals surface area (Å²) >= 11 is 14.3. The van der Waals surface area contributed by atoms with E-state index in [1.54, 1.807) is 11.9 Å². The van der Waals surface area contributed by atoms with Crippen LogP contribution in [0, 0.1) is 5.92 Å². The van der Waals surface area contributed by atoms with Gasteiger partial charge in [-0.1, -0.05) is 143 Å². The summed E-state index contributed by atoms with van der Waals surface area (Å²) in [6.45, 7) is 23.6. The number of allylic oxidation sites excluding steroid dienone is 1. The number of thioether (sulfide) groups is 1. The Morgan fingerprint density at radius 3 is 1.83 bits per heavy atom. The van der Waals surface area contributed by atoms with Crippen LogP contribution in [0.4, 0.5) is 4.79 Å². The molecule has 336 valence electrons. The molecule has 2 aliphatic rings. The first-order valence-electron chi connectivity index (χ1n) is 21.9. The number of halogens is 2. The molecule has 0 saturated heterocycles. The third-order valence-corrected chi connectivity index (χ3v) is 18.5. The van der Waals surface area contributed by atoms with Crippen molar-refractivity contribution in [3.8, 4) is 0 Å². The van der Waals surface area contributed by atoms with Gasteiger partial charge in [0.25, 0.3) is 14.2 Å². The molecule has 3 atom stereocenters. The van der Waals surface area contributed by atoms with Crippen molar-refractivity contribution in [1.82, 2.24) is 14.7 Å². The fourth-order valence-electron chi connectivity index (χ4n) is 8.92. The van der Waals surface area contributed by atoms with Gasteiger partial charge in [-0.2, -0.15) is 0 Å². The lowest BCUT2D eigenvalue weighted by atomic mass is 9.81. The van der Waals surface area contributed by atoms with Crippen LogP contribution in [0.25, 0.3) is 0 Å². The molecule has 0 aromatic heterocycles. The van der Waals surface area contributed by atoms with E-state index in [9.17, 15) is 4.79 Å². The fourth-order valence-corrected chi connectivity index (χ4v) is 15.2. The number of aliphatic imine (C=N–C) groups is 1. The Hall–Kier alpha value is -4.06. The van der Waals surface area contributed by atoms with Crippen molar-refractivity contribution in [2.75, 3.05) is 20.1 Å². The number of fused-ring (bicyclic) bond motifs is 1. The smallest absolute Gasteiger partial charge is 0.410 e. The predicted molar refractivity (Wildman–Crippen MR) is 265 cm³/mol. The van der Waals surface area contributed by atoms with Crippen LogP contribution in [0.3, 0.4) is 0 Å². The average molecular weight is 928 g/mol. The molecule has 0 spiro atoms. The van der Waals surface area contributed by atoms with Gasteiger partial charge in [0, 0.05) is 41.9 Å². The van der Waals surface area contributed by atoms with Crippen LogP contribution in [0.1, 0.15) is 99.8 Å². The van der Waals surface area contributed by atoms with Crippen molar-refractivity contribution in [2.24, 2.45) is 10.9 Å². The topological polar surface area (TPSA) is 74.7 Å². The Balaban J connectivity index is 1.39. The van der Waals surface area contributed by atoms with Gasteiger partial charge in [-0.3, -0.25) is 4.79 Å². The molecular weight excluding hydrogens is 864 g/mol. The van der Waals surface area contributed by atoms with Gasteiger partial charge in [0.1, 0.15) is 16.0 Å². The van der Waals surface area contributed by atoms with Crippen molar-refractivity contribution in [2.45, 2.75) is 117 Å². The number of hydrogen-bond acceptors (Lipinski definition) is 7. The lowest BCUT2D eigenvalue weighted by Gasteiger charge is -2.46. The number of likely N-dealkylation sites (N-methyl/N-ethyl adjacent to an activating group) is 1. The average Bonchev–Trinajstić information content (AvgIpc) is 3.72. The van der Waals surface area contributed by atoms with E-state index in [4.69, 9.17) is 37.4 Å². The molecule has 12 heteroatoms. The first kappa shape index (κ1) is 48.4. The van der Waals surface area contributed by atoms with Crippen LogP contribution < -0.4 is 10.4 Å². The minimum Gasteiger partial charge on any atom is -0.444 e. The summed E-state index contributed by atoms with van der Waals surface area (Å²) in [4.78, 5) is 40.8. The van der Waals surface area contributed by atoms with E-state index in [0.717, 1.165) is 32.4 Å². The minimum absolute atomic E-state index is 0.00534. The van der Waals surface area contributed by atoms with Crippen molar-refractivity contribution < 1.29 is 18.8 Å². The van der Waals surface area contributed by atoms with Crippen LogP contribution in [0.5, 0.6) is 0 Å². The number of amides is 2. The number of benzene rings is 4. The lowest BCUT2D eigenvalue weighted by Crippen LogP contribution is -2.68. The third kappa shape index (κ3) is 10.3. The largest absolute Gasteiger partial charge is 0.444 e. The zero-order valence-electron chi connectivity index (χ0n) is 38.9. The predicted octanol–water partition coefficient (Wildman–Crippen LogP) is 11.7. The number of amidine groups is 1. The summed E-state index contributed by atoms with van der Waals surface area (Å²) in [6, 6.07) is 36.5. The summed E-state index contributed by atoms with van der Waals surface area (Å²) in [5, 5.41) is 4.07. The SMILES string of the molecule is CC(C)C1=C(C(=O)N(CC[C@@H](CN(C)C(=O)OC(C)(C)C)O[Si](c2ccccc2)(c2ccccc2)C(C)(C)C)C(C)C)SC2=N[C@@](C)(c3ccc(Cl)cc3)[C@@H](c3ccc(Cl)cc3)N21. The quantitative estimate of drug-likeness (QED) is 0.117. The van der Waals surface area contributed by atoms with E-state index in [0.29, 0.717) is 27.9 Å². The van der Waals surface area contributed by atoms with E-state index in [1.165, 1.54) is 11.8 Å². The van der Waals surface area contributed by atoms with Gasteiger partial charge in [0.05, 0.1) is 12.1 Å². The van der Waals surface area contributed by atoms with E-state index >= 15 is 4.79 Å². The van der Waals surface area contributed by atoms with Crippen molar-refractivity contribution in [1.29, 1.82) is 0 Å². The number of carbonyl (C=O) groups excluding carboxylic acids is 2. The maximum Gasteiger partial charge on any atom is 0.410 e. The Morgan fingerprint density at radius 2 is 1.35 bits per heavy atom. The zero-order valence-corrected chi connectivity index (χ0v) is 42.2. The monoisotopic (exact) mass is 926 g/mol. The van der Waals surface area contributed by atoms with E-state index in [2.05, 4.69) is 121 Å². The Bertz CT molecular complexity index is 2250. The van der Waals surface area contributed by atoms with Crippen LogP contribution in [0.15, 0.2) is 125 Å². The standard InChI is InChI=1S/C51H64Cl2N4O4SSi/c1-34(2)43-44(62-47-54-51(11,37-25-29-39(53)30-26-37)45(57(43)47)36-23-27-38(52)28-24-36)46(58)56(35(3)4)32-31-40(33-55(12)48(59)60-49(5,6)7)61-63(50(8,9)10,41-19-15-13-16-20-41)42-21-17-14-18-22-42/h13-30,34-35,40,45H,31-33H2,1-12H3/t40-,45+,51-/m0/s1. The second-order valence-corrected chi connectivity index (χ2v) is 25.6. The van der Waals surface area contributed by atoms with Gasteiger partial charge >= 0.3 is 6.09 Å². The van der Waals surface area contributed by atoms with Crippen LogP contribution in [0.2, 0.25) is 15.1 Å². The molecule has 0 radical (unpaired) electrons. The molecule has 0 N–H and O–H groups in total. The van der Waals surface area contributed by atoms with E-state index in [1.807, 2.05) is 74.2 Å². The summed E-state index contributed by atoms with van der Waals surface area (Å²) in [5.74, 6) is -0.0576. The number of nitrogens with zero attached hydrogens (tertiary/aromatic N) is 4. The van der Waals surface area contributed by atoms with Gasteiger partial charge in [-0.05, 0) is 116 Å². The highest BCUT2D eigenvalue weighted by molar-refractivity contribution is 8.18. The summed E-state index contributed by atoms with van der Waals surface area (Å²) in [6.07, 6.45) is -0.408. The van der Waals surface area contributed by atoms with Gasteiger partial charge in [0.15, 0.2) is 5.17 Å². The Labute approximate surface area is 391 Å². The lowest BCUT2D eigenvalue weighted by molar-refractivity contribution is -0.128. The zero-order chi connectivity index (χ0) is 46.1. The maximum absolute atomic E-state index is 15.3. The molecule has 0 saturated carbocycles. The normalized spacial score (nSPS) is 18.4. The molecule has 0 bridgehead atoms. The molecule has 2 heterocycles. The van der Waals surface area contributed by atoms with Gasteiger partial charge in [0.2, 0.25) is 0 Å². The molecular formula is C51H64Cl2N4O4SSi. The molecule has 4 aromatic carbocycles. The van der Waals surface area contributed by atoms with Crippen LogP contribution in [-0.2, 0) is 19.5 Å². The maximum atomic E-state index is 15.3. The van der Waals surface area contributed by atoms with Gasteiger partial charge < -0.3 is 23.9 Å². The van der Waals surface area contributed by atoms with Gasteiger partial charge in [-0.25, -0.2) is 9.79 Å². The second-order valence-electron chi connectivity index (χ2n) is 19.5. The summed E-state index contributed by atoms with van der Waals surface area (Å²) in [7, 11) is -1.31. The Morgan fingerprint density at radius 1 is 0.825 bits per heavy atom. The molecule has 4 aromatic rings. The first-order chi connectivity index (χ1) is 29.6. The fraction of sp³-hybridized carbons (Fsp3) is 0.431. The first-order valence-corrected chi connectivity index (χ1v) is 25.4. The highest BCUT2D eigenvalue weighted by Crippen LogP contribution is 2.56. The minimum atomic E-state index is -3.08. The third-order valence-electron chi connectivity index (χ3n) is 11.9. The van der Waals surface area contributed by atoms with Crippen molar-refractivity contribution in [3.05, 3.63) is 141 Å². The molecule has 2 aliphatic heterocycles. The summed E-state index contributed by atoms with van der Waals surface area (Å²) < 4.78 is 13.6. The highest BCUT2D eigenvalue weighted by Gasteiger charge is 2.54. The number of carbonyl (C=O) groups is 2. The number of ether oxygens (including phenoxy) is 1. The van der Waals surface area contributed by atoms with Crippen LogP contribution >= 0.6 is 35.0 Å². The van der Waals surface area contributed by atoms with E-state index in [-0.39, 0.29) is 35.5 Å². The van der Waals surface area contributed by atoms with Crippen molar-refractivity contribution in [3.63, 3.8) is 0 Å². The molecule has 6 rings (SSSR count). The molecule has 0 fully saturated rings. The number of rotatable bonds is 14. The van der Waals surface area contributed by atoms with E-state index < -0.39 is 31.7 Å². The molecule has 8 nitrogen and oxygen atoms in total. The van der Waals surface area contributed by atoms with Crippen molar-refractivity contribution >= 4 is 70.8 Å². The summed E-state index contributed by atoms with van der Waals surface area (Å²) in [5.41, 5.74) is 1.66. The highest BCUT2D eigenvalue weighted by atomic mass is 35.5. The Kier molecular flexibility index (Phi) is 14.7. The number of hydrogen-bond donors (Lipinski definition) is 0. The second kappa shape index (κ2) is 19.2. The molecule has 63 heavy (non-hydrogen) atoms.